The Balaban J connectivity index is 1.28. The van der Waals surface area contributed by atoms with Crippen molar-refractivity contribution < 1.29 is 9.18 Å². The van der Waals surface area contributed by atoms with Crippen LogP contribution in [0.5, 0.6) is 0 Å². The third kappa shape index (κ3) is 6.47. The van der Waals surface area contributed by atoms with Gasteiger partial charge in [0.05, 0.1) is 0 Å². The maximum Gasteiger partial charge on any atom is 0.223 e. The van der Waals surface area contributed by atoms with Crippen molar-refractivity contribution in [1.82, 2.24) is 10.2 Å². The molecular weight excluding hydrogens is 339 g/mol. The number of hydrogen-bond acceptors (Lipinski definition) is 2. The summed E-state index contributed by atoms with van der Waals surface area (Å²) < 4.78 is 12.9. The highest BCUT2D eigenvalue weighted by atomic mass is 19.1. The molecule has 0 unspecified atom stereocenters. The summed E-state index contributed by atoms with van der Waals surface area (Å²) in [6, 6.07) is 17.2. The number of carbonyl (C=O) groups is 1. The smallest absolute Gasteiger partial charge is 0.223 e. The van der Waals surface area contributed by atoms with Crippen LogP contribution in [0.4, 0.5) is 4.39 Å². The first-order chi connectivity index (χ1) is 13.2. The summed E-state index contributed by atoms with van der Waals surface area (Å²) in [5, 5.41) is 3.32. The van der Waals surface area contributed by atoms with Crippen molar-refractivity contribution in [3.63, 3.8) is 0 Å². The topological polar surface area (TPSA) is 32.3 Å². The molecule has 2 aromatic rings. The number of carbonyl (C=O) groups excluding carboxylic acids is 1. The molecule has 1 aliphatic rings. The molecule has 0 bridgehead atoms. The highest BCUT2D eigenvalue weighted by Crippen LogP contribution is 2.22. The lowest BCUT2D eigenvalue weighted by atomic mass is 9.90. The molecule has 0 saturated carbocycles. The molecule has 0 aromatic heterocycles. The Bertz CT molecular complexity index is 694. The lowest BCUT2D eigenvalue weighted by molar-refractivity contribution is -0.132. The second-order valence-corrected chi connectivity index (χ2v) is 7.39. The summed E-state index contributed by atoms with van der Waals surface area (Å²) in [6.45, 7) is 3.26. The van der Waals surface area contributed by atoms with Gasteiger partial charge in [-0.15, -0.1) is 0 Å². The molecule has 144 valence electrons. The van der Waals surface area contributed by atoms with E-state index in [1.165, 1.54) is 17.7 Å². The highest BCUT2D eigenvalue weighted by Gasteiger charge is 2.22. The minimum absolute atomic E-state index is 0.204. The van der Waals surface area contributed by atoms with E-state index in [-0.39, 0.29) is 11.7 Å². The molecular formula is C23H29FN2O. The van der Waals surface area contributed by atoms with Crippen LogP contribution in [-0.4, -0.2) is 37.0 Å². The number of piperidine rings is 1. The number of likely N-dealkylation sites (tertiary alicyclic amines) is 1. The first-order valence-corrected chi connectivity index (χ1v) is 9.97. The maximum atomic E-state index is 12.9. The van der Waals surface area contributed by atoms with E-state index in [9.17, 15) is 9.18 Å². The fourth-order valence-corrected chi connectivity index (χ4v) is 3.70. The Kier molecular flexibility index (Phi) is 7.40. The number of nitrogens with one attached hydrogen (secondary N) is 1. The van der Waals surface area contributed by atoms with E-state index < -0.39 is 0 Å². The van der Waals surface area contributed by atoms with Gasteiger partial charge < -0.3 is 10.2 Å². The Morgan fingerprint density at radius 1 is 0.963 bits per heavy atom. The molecule has 0 radical (unpaired) electrons. The van der Waals surface area contributed by atoms with Crippen molar-refractivity contribution in [2.24, 2.45) is 5.92 Å². The molecule has 3 nitrogen and oxygen atoms in total. The number of benzene rings is 2. The van der Waals surface area contributed by atoms with Gasteiger partial charge in [0, 0.05) is 26.1 Å². The van der Waals surface area contributed by atoms with E-state index in [0.717, 1.165) is 50.9 Å². The van der Waals surface area contributed by atoms with Crippen LogP contribution in [0, 0.1) is 11.7 Å². The number of hydrogen-bond donors (Lipinski definition) is 1. The van der Waals surface area contributed by atoms with Crippen molar-refractivity contribution >= 4 is 5.91 Å². The molecule has 1 aliphatic heterocycles. The second-order valence-electron chi connectivity index (χ2n) is 7.39. The number of halogens is 1. The van der Waals surface area contributed by atoms with Gasteiger partial charge in [-0.3, -0.25) is 4.79 Å². The van der Waals surface area contributed by atoms with Gasteiger partial charge in [0.25, 0.3) is 0 Å². The first kappa shape index (κ1) is 19.6. The number of nitrogens with zero attached hydrogens (tertiary/aromatic N) is 1. The monoisotopic (exact) mass is 368 g/mol. The zero-order chi connectivity index (χ0) is 18.9. The van der Waals surface area contributed by atoms with Crippen LogP contribution < -0.4 is 5.32 Å². The fourth-order valence-electron chi connectivity index (χ4n) is 3.70. The number of amides is 1. The lowest BCUT2D eigenvalue weighted by Crippen LogP contribution is -2.40. The van der Waals surface area contributed by atoms with E-state index in [1.54, 1.807) is 0 Å². The SMILES string of the molecule is O=C(CCNCCc1ccc(F)cc1)N1CCC(Cc2ccccc2)CC1. The molecule has 0 spiro atoms. The summed E-state index contributed by atoms with van der Waals surface area (Å²) in [5.41, 5.74) is 2.50. The standard InChI is InChI=1S/C23H29FN2O/c24-22-8-6-19(7-9-22)10-14-25-15-11-23(27)26-16-12-21(13-17-26)18-20-4-2-1-3-5-20/h1-9,21,25H,10-18H2. The molecule has 1 amide bonds. The minimum Gasteiger partial charge on any atom is -0.343 e. The van der Waals surface area contributed by atoms with Gasteiger partial charge in [-0.2, -0.15) is 0 Å². The Hall–Kier alpha value is -2.20. The zero-order valence-corrected chi connectivity index (χ0v) is 15.9. The summed E-state index contributed by atoms with van der Waals surface area (Å²) in [4.78, 5) is 14.4. The van der Waals surface area contributed by atoms with Crippen LogP contribution >= 0.6 is 0 Å². The van der Waals surface area contributed by atoms with Gasteiger partial charge in [0.15, 0.2) is 0 Å². The highest BCUT2D eigenvalue weighted by molar-refractivity contribution is 5.76. The normalized spacial score (nSPS) is 15.1. The minimum atomic E-state index is -0.204. The Morgan fingerprint density at radius 2 is 1.67 bits per heavy atom. The molecule has 4 heteroatoms. The van der Waals surface area contributed by atoms with E-state index in [4.69, 9.17) is 0 Å². The first-order valence-electron chi connectivity index (χ1n) is 9.97. The van der Waals surface area contributed by atoms with Crippen molar-refractivity contribution in [2.45, 2.75) is 32.1 Å². The molecule has 1 N–H and O–H groups in total. The molecule has 3 rings (SSSR count). The average Bonchev–Trinajstić information content (AvgIpc) is 2.70. The van der Waals surface area contributed by atoms with Crippen molar-refractivity contribution in [3.8, 4) is 0 Å². The largest absolute Gasteiger partial charge is 0.343 e. The summed E-state index contributed by atoms with van der Waals surface area (Å²) in [7, 11) is 0. The van der Waals surface area contributed by atoms with E-state index in [1.807, 2.05) is 17.0 Å². The molecule has 27 heavy (non-hydrogen) atoms. The zero-order valence-electron chi connectivity index (χ0n) is 15.9. The number of rotatable bonds is 8. The van der Waals surface area contributed by atoms with Gasteiger partial charge in [-0.1, -0.05) is 42.5 Å². The van der Waals surface area contributed by atoms with Gasteiger partial charge in [-0.25, -0.2) is 4.39 Å². The molecule has 0 atom stereocenters. The molecule has 2 aromatic carbocycles. The van der Waals surface area contributed by atoms with Crippen LogP contribution in [-0.2, 0) is 17.6 Å². The molecule has 0 aliphatic carbocycles. The average molecular weight is 368 g/mol. The van der Waals surface area contributed by atoms with Crippen LogP contribution in [0.15, 0.2) is 54.6 Å². The van der Waals surface area contributed by atoms with Crippen molar-refractivity contribution in [3.05, 3.63) is 71.5 Å². The van der Waals surface area contributed by atoms with Gasteiger partial charge in [-0.05, 0) is 61.4 Å². The predicted molar refractivity (Wildman–Crippen MR) is 107 cm³/mol. The van der Waals surface area contributed by atoms with Crippen molar-refractivity contribution in [2.75, 3.05) is 26.2 Å². The van der Waals surface area contributed by atoms with Crippen LogP contribution in [0.2, 0.25) is 0 Å². The van der Waals surface area contributed by atoms with E-state index in [2.05, 4.69) is 35.6 Å². The Labute approximate surface area is 161 Å². The predicted octanol–water partition coefficient (Wildman–Crippen LogP) is 3.83. The third-order valence-corrected chi connectivity index (χ3v) is 5.35. The van der Waals surface area contributed by atoms with Gasteiger partial charge in [0.1, 0.15) is 5.82 Å². The maximum absolute atomic E-state index is 12.9. The van der Waals surface area contributed by atoms with Crippen LogP contribution in [0.3, 0.4) is 0 Å². The lowest BCUT2D eigenvalue weighted by Gasteiger charge is -2.32. The summed E-state index contributed by atoms with van der Waals surface area (Å²) in [5.74, 6) is 0.734. The van der Waals surface area contributed by atoms with Crippen LogP contribution in [0.25, 0.3) is 0 Å². The molecule has 1 heterocycles. The van der Waals surface area contributed by atoms with Crippen molar-refractivity contribution in [1.29, 1.82) is 0 Å². The second kappa shape index (κ2) is 10.2. The quantitative estimate of drug-likeness (QED) is 0.718. The Morgan fingerprint density at radius 3 is 2.37 bits per heavy atom. The van der Waals surface area contributed by atoms with Gasteiger partial charge in [0.2, 0.25) is 5.91 Å². The molecule has 1 saturated heterocycles. The van der Waals surface area contributed by atoms with E-state index >= 15 is 0 Å². The van der Waals surface area contributed by atoms with E-state index in [0.29, 0.717) is 18.9 Å². The summed E-state index contributed by atoms with van der Waals surface area (Å²) in [6.07, 6.45) is 4.71. The summed E-state index contributed by atoms with van der Waals surface area (Å²) >= 11 is 0. The van der Waals surface area contributed by atoms with Crippen LogP contribution in [0.1, 0.15) is 30.4 Å². The van der Waals surface area contributed by atoms with Gasteiger partial charge >= 0.3 is 0 Å². The molecule has 1 fully saturated rings. The fraction of sp³-hybridized carbons (Fsp3) is 0.435. The third-order valence-electron chi connectivity index (χ3n) is 5.35.